The highest BCUT2D eigenvalue weighted by molar-refractivity contribution is 7.88. The third-order valence-electron chi connectivity index (χ3n) is 2.76. The maximum Gasteiger partial charge on any atom is 0.209 e. The van der Waals surface area contributed by atoms with E-state index in [1.807, 2.05) is 6.07 Å². The SMILES string of the molecule is CC(C)(CNc1ncnc2cc(Cl)ccc12)NS(C)(=O)=O. The molecule has 0 aliphatic carbocycles. The van der Waals surface area contributed by atoms with Gasteiger partial charge in [0.25, 0.3) is 0 Å². The second kappa shape index (κ2) is 5.75. The van der Waals surface area contributed by atoms with Crippen molar-refractivity contribution >= 4 is 38.3 Å². The largest absolute Gasteiger partial charge is 0.368 e. The Morgan fingerprint density at radius 1 is 1.29 bits per heavy atom. The maximum atomic E-state index is 11.3. The number of rotatable bonds is 5. The van der Waals surface area contributed by atoms with Gasteiger partial charge in [-0.1, -0.05) is 11.6 Å². The van der Waals surface area contributed by atoms with Crippen LogP contribution in [0.3, 0.4) is 0 Å². The number of aromatic nitrogens is 2. The first kappa shape index (κ1) is 15.9. The van der Waals surface area contributed by atoms with Gasteiger partial charge in [-0.05, 0) is 32.0 Å². The van der Waals surface area contributed by atoms with E-state index in [2.05, 4.69) is 20.0 Å². The number of nitrogens with zero attached hydrogens (tertiary/aromatic N) is 2. The van der Waals surface area contributed by atoms with E-state index >= 15 is 0 Å². The number of hydrogen-bond acceptors (Lipinski definition) is 5. The summed E-state index contributed by atoms with van der Waals surface area (Å²) >= 11 is 5.94. The number of anilines is 1. The molecule has 2 N–H and O–H groups in total. The van der Waals surface area contributed by atoms with Crippen molar-refractivity contribution < 1.29 is 8.42 Å². The molecular formula is C13H17ClN4O2S. The van der Waals surface area contributed by atoms with Crippen LogP contribution in [-0.2, 0) is 10.0 Å². The zero-order chi connectivity index (χ0) is 15.7. The molecule has 0 saturated heterocycles. The van der Waals surface area contributed by atoms with Crippen LogP contribution in [0.1, 0.15) is 13.8 Å². The standard InChI is InChI=1S/C13H17ClN4O2S/c1-13(2,18-21(3,19)20)7-15-12-10-5-4-9(14)6-11(10)16-8-17-12/h4-6,8,18H,7H2,1-3H3,(H,15,16,17). The molecule has 1 heterocycles. The number of sulfonamides is 1. The smallest absolute Gasteiger partial charge is 0.209 e. The fraction of sp³-hybridized carbons (Fsp3) is 0.385. The van der Waals surface area contributed by atoms with Gasteiger partial charge in [0.2, 0.25) is 10.0 Å². The lowest BCUT2D eigenvalue weighted by Gasteiger charge is -2.25. The molecule has 0 bridgehead atoms. The lowest BCUT2D eigenvalue weighted by molar-refractivity contribution is 0.476. The van der Waals surface area contributed by atoms with Crippen LogP contribution in [0.15, 0.2) is 24.5 Å². The summed E-state index contributed by atoms with van der Waals surface area (Å²) in [6, 6.07) is 5.35. The van der Waals surface area contributed by atoms with Crippen LogP contribution < -0.4 is 10.0 Å². The van der Waals surface area contributed by atoms with Crippen molar-refractivity contribution in [1.29, 1.82) is 0 Å². The maximum absolute atomic E-state index is 11.3. The zero-order valence-electron chi connectivity index (χ0n) is 12.0. The van der Waals surface area contributed by atoms with Crippen molar-refractivity contribution in [2.75, 3.05) is 18.1 Å². The number of halogens is 1. The molecule has 21 heavy (non-hydrogen) atoms. The summed E-state index contributed by atoms with van der Waals surface area (Å²) in [4.78, 5) is 8.35. The molecule has 0 spiro atoms. The normalized spacial score (nSPS) is 12.6. The summed E-state index contributed by atoms with van der Waals surface area (Å²) in [5.41, 5.74) is 0.0889. The van der Waals surface area contributed by atoms with E-state index in [-0.39, 0.29) is 0 Å². The molecular weight excluding hydrogens is 312 g/mol. The van der Waals surface area contributed by atoms with Gasteiger partial charge in [-0.2, -0.15) is 0 Å². The second-order valence-corrected chi connectivity index (χ2v) is 7.68. The van der Waals surface area contributed by atoms with Gasteiger partial charge in [-0.25, -0.2) is 23.1 Å². The molecule has 1 aromatic carbocycles. The first-order valence-corrected chi connectivity index (χ1v) is 8.56. The highest BCUT2D eigenvalue weighted by Crippen LogP contribution is 2.22. The number of benzene rings is 1. The first-order chi connectivity index (χ1) is 9.66. The zero-order valence-corrected chi connectivity index (χ0v) is 13.6. The summed E-state index contributed by atoms with van der Waals surface area (Å²) in [6.07, 6.45) is 2.58. The van der Waals surface area contributed by atoms with Crippen LogP contribution in [0.5, 0.6) is 0 Å². The Morgan fingerprint density at radius 3 is 2.67 bits per heavy atom. The number of fused-ring (bicyclic) bond motifs is 1. The third kappa shape index (κ3) is 4.52. The average Bonchev–Trinajstić information content (AvgIpc) is 2.33. The minimum Gasteiger partial charge on any atom is -0.368 e. The van der Waals surface area contributed by atoms with Gasteiger partial charge in [-0.3, -0.25) is 0 Å². The van der Waals surface area contributed by atoms with Gasteiger partial charge in [0, 0.05) is 22.5 Å². The molecule has 0 unspecified atom stereocenters. The fourth-order valence-corrected chi connectivity index (χ4v) is 3.26. The van der Waals surface area contributed by atoms with Crippen molar-refractivity contribution in [3.63, 3.8) is 0 Å². The monoisotopic (exact) mass is 328 g/mol. The molecule has 8 heteroatoms. The fourth-order valence-electron chi connectivity index (χ4n) is 2.01. The molecule has 0 aliphatic heterocycles. The van der Waals surface area contributed by atoms with Crippen LogP contribution >= 0.6 is 11.6 Å². The van der Waals surface area contributed by atoms with Crippen LogP contribution in [-0.4, -0.2) is 36.7 Å². The number of hydrogen-bond donors (Lipinski definition) is 2. The molecule has 1 aromatic heterocycles. The number of nitrogens with one attached hydrogen (secondary N) is 2. The topological polar surface area (TPSA) is 84.0 Å². The third-order valence-corrected chi connectivity index (χ3v) is 3.92. The first-order valence-electron chi connectivity index (χ1n) is 6.29. The van der Waals surface area contributed by atoms with Gasteiger partial charge >= 0.3 is 0 Å². The lowest BCUT2D eigenvalue weighted by atomic mass is 10.1. The molecule has 0 amide bonds. The van der Waals surface area contributed by atoms with E-state index in [0.29, 0.717) is 17.4 Å². The predicted molar refractivity (Wildman–Crippen MR) is 85.1 cm³/mol. The highest BCUT2D eigenvalue weighted by Gasteiger charge is 2.22. The Hall–Kier alpha value is -1.44. The van der Waals surface area contributed by atoms with Gasteiger partial charge in [0.15, 0.2) is 0 Å². The summed E-state index contributed by atoms with van der Waals surface area (Å²) in [6.45, 7) is 3.97. The molecule has 2 rings (SSSR count). The molecule has 0 radical (unpaired) electrons. The summed E-state index contributed by atoms with van der Waals surface area (Å²) in [5, 5.41) is 4.58. The summed E-state index contributed by atoms with van der Waals surface area (Å²) < 4.78 is 25.2. The molecule has 0 saturated carbocycles. The summed E-state index contributed by atoms with van der Waals surface area (Å²) in [7, 11) is -3.27. The Labute approximate surface area is 129 Å². The van der Waals surface area contributed by atoms with Gasteiger partial charge in [-0.15, -0.1) is 0 Å². The Kier molecular flexibility index (Phi) is 4.36. The Balaban J connectivity index is 2.21. The summed E-state index contributed by atoms with van der Waals surface area (Å²) in [5.74, 6) is 0.639. The van der Waals surface area contributed by atoms with Gasteiger partial charge in [0.05, 0.1) is 11.8 Å². The lowest BCUT2D eigenvalue weighted by Crippen LogP contribution is -2.47. The van der Waals surface area contributed by atoms with Crippen molar-refractivity contribution in [1.82, 2.24) is 14.7 Å². The average molecular weight is 329 g/mol. The van der Waals surface area contributed by atoms with Crippen molar-refractivity contribution in [3.05, 3.63) is 29.5 Å². The Morgan fingerprint density at radius 2 is 2.00 bits per heavy atom. The minimum absolute atomic E-state index is 0.384. The van der Waals surface area contributed by atoms with E-state index in [4.69, 9.17) is 11.6 Å². The highest BCUT2D eigenvalue weighted by atomic mass is 35.5. The van der Waals surface area contributed by atoms with Crippen LogP contribution in [0.2, 0.25) is 5.02 Å². The second-order valence-electron chi connectivity index (χ2n) is 5.50. The molecule has 0 aliphatic rings. The van der Waals surface area contributed by atoms with Crippen molar-refractivity contribution in [2.45, 2.75) is 19.4 Å². The van der Waals surface area contributed by atoms with E-state index in [9.17, 15) is 8.42 Å². The van der Waals surface area contributed by atoms with E-state index < -0.39 is 15.6 Å². The van der Waals surface area contributed by atoms with Gasteiger partial charge in [0.1, 0.15) is 12.1 Å². The van der Waals surface area contributed by atoms with Gasteiger partial charge < -0.3 is 5.32 Å². The van der Waals surface area contributed by atoms with E-state index in [1.165, 1.54) is 6.33 Å². The van der Waals surface area contributed by atoms with Crippen molar-refractivity contribution in [3.8, 4) is 0 Å². The molecule has 114 valence electrons. The molecule has 6 nitrogen and oxygen atoms in total. The quantitative estimate of drug-likeness (QED) is 0.877. The molecule has 0 fully saturated rings. The minimum atomic E-state index is -3.27. The van der Waals surface area contributed by atoms with Crippen LogP contribution in [0, 0.1) is 0 Å². The van der Waals surface area contributed by atoms with E-state index in [1.54, 1.807) is 26.0 Å². The van der Waals surface area contributed by atoms with Crippen LogP contribution in [0.25, 0.3) is 10.9 Å². The Bertz CT molecular complexity index is 762. The molecule has 0 atom stereocenters. The van der Waals surface area contributed by atoms with Crippen LogP contribution in [0.4, 0.5) is 5.82 Å². The molecule has 2 aromatic rings. The van der Waals surface area contributed by atoms with E-state index in [0.717, 1.165) is 17.2 Å². The predicted octanol–water partition coefficient (Wildman–Crippen LogP) is 2.02. The van der Waals surface area contributed by atoms with Crippen molar-refractivity contribution in [2.24, 2.45) is 0 Å².